The van der Waals surface area contributed by atoms with Crippen molar-refractivity contribution in [2.45, 2.75) is 45.9 Å². The van der Waals surface area contributed by atoms with Gasteiger partial charge in [0.2, 0.25) is 10.0 Å². The van der Waals surface area contributed by atoms with Crippen molar-refractivity contribution in [3.05, 3.63) is 18.5 Å². The number of pyridine rings is 1. The lowest BCUT2D eigenvalue weighted by atomic mass is 9.81. The normalized spacial score (nSPS) is 12.7. The fourth-order valence-electron chi connectivity index (χ4n) is 1.56. The molecule has 120 valence electrons. The zero-order chi connectivity index (χ0) is 16.1. The van der Waals surface area contributed by atoms with Crippen molar-refractivity contribution < 1.29 is 8.42 Å². The molecular formula is C15H27N3O2S. The maximum atomic E-state index is 12.5. The second-order valence-corrected chi connectivity index (χ2v) is 8.00. The zero-order valence-electron chi connectivity index (χ0n) is 13.6. The SMILES string of the molecule is CCCNc1ccncc1S(=O)(=O)NCC(C)(C)C(C)C. The molecule has 0 bridgehead atoms. The van der Waals surface area contributed by atoms with Crippen molar-refractivity contribution in [1.29, 1.82) is 0 Å². The van der Waals surface area contributed by atoms with Gasteiger partial charge in [-0.05, 0) is 23.8 Å². The van der Waals surface area contributed by atoms with Gasteiger partial charge < -0.3 is 5.32 Å². The molecule has 5 nitrogen and oxygen atoms in total. The van der Waals surface area contributed by atoms with Gasteiger partial charge in [0, 0.05) is 25.5 Å². The number of sulfonamides is 1. The van der Waals surface area contributed by atoms with E-state index < -0.39 is 10.0 Å². The summed E-state index contributed by atoms with van der Waals surface area (Å²) in [6.07, 6.45) is 3.91. The second-order valence-electron chi connectivity index (χ2n) is 6.27. The summed E-state index contributed by atoms with van der Waals surface area (Å²) in [5, 5.41) is 3.13. The van der Waals surface area contributed by atoms with Gasteiger partial charge in [0.15, 0.2) is 0 Å². The van der Waals surface area contributed by atoms with E-state index in [2.05, 4.69) is 42.7 Å². The fourth-order valence-corrected chi connectivity index (χ4v) is 2.91. The predicted octanol–water partition coefficient (Wildman–Crippen LogP) is 2.86. The molecule has 1 rings (SSSR count). The van der Waals surface area contributed by atoms with Gasteiger partial charge in [-0.3, -0.25) is 4.98 Å². The summed E-state index contributed by atoms with van der Waals surface area (Å²) in [4.78, 5) is 4.15. The van der Waals surface area contributed by atoms with Crippen LogP contribution in [0.1, 0.15) is 41.0 Å². The molecule has 21 heavy (non-hydrogen) atoms. The Balaban J connectivity index is 2.93. The molecule has 0 aliphatic carbocycles. The lowest BCUT2D eigenvalue weighted by Crippen LogP contribution is -2.37. The van der Waals surface area contributed by atoms with E-state index in [4.69, 9.17) is 0 Å². The van der Waals surface area contributed by atoms with Gasteiger partial charge >= 0.3 is 0 Å². The van der Waals surface area contributed by atoms with Crippen molar-refractivity contribution in [2.24, 2.45) is 11.3 Å². The summed E-state index contributed by atoms with van der Waals surface area (Å²) < 4.78 is 27.7. The monoisotopic (exact) mass is 313 g/mol. The minimum Gasteiger partial charge on any atom is -0.384 e. The van der Waals surface area contributed by atoms with Gasteiger partial charge in [0.1, 0.15) is 4.90 Å². The summed E-state index contributed by atoms with van der Waals surface area (Å²) in [6.45, 7) is 11.4. The van der Waals surface area contributed by atoms with Crippen LogP contribution in [-0.2, 0) is 10.0 Å². The van der Waals surface area contributed by atoms with Crippen molar-refractivity contribution in [3.63, 3.8) is 0 Å². The average Bonchev–Trinajstić information content (AvgIpc) is 2.43. The molecule has 0 aliphatic rings. The third-order valence-electron chi connectivity index (χ3n) is 3.92. The number of hydrogen-bond donors (Lipinski definition) is 2. The predicted molar refractivity (Wildman–Crippen MR) is 86.8 cm³/mol. The Bertz CT molecular complexity index is 554. The average molecular weight is 313 g/mol. The highest BCUT2D eigenvalue weighted by atomic mass is 32.2. The summed E-state index contributed by atoms with van der Waals surface area (Å²) >= 11 is 0. The first-order valence-corrected chi connectivity index (χ1v) is 8.86. The van der Waals surface area contributed by atoms with E-state index in [1.54, 1.807) is 12.3 Å². The van der Waals surface area contributed by atoms with Crippen LogP contribution in [0.25, 0.3) is 0 Å². The molecular weight excluding hydrogens is 286 g/mol. The molecule has 0 unspecified atom stereocenters. The van der Waals surface area contributed by atoms with Crippen LogP contribution < -0.4 is 10.0 Å². The molecule has 6 heteroatoms. The summed E-state index contributed by atoms with van der Waals surface area (Å²) in [7, 11) is -3.56. The van der Waals surface area contributed by atoms with Crippen molar-refractivity contribution in [3.8, 4) is 0 Å². The first-order valence-electron chi connectivity index (χ1n) is 7.38. The molecule has 1 heterocycles. The highest BCUT2D eigenvalue weighted by molar-refractivity contribution is 7.89. The van der Waals surface area contributed by atoms with E-state index in [0.717, 1.165) is 13.0 Å². The first-order chi connectivity index (χ1) is 9.70. The van der Waals surface area contributed by atoms with Gasteiger partial charge in [0.25, 0.3) is 0 Å². The standard InChI is InChI=1S/C15H27N3O2S/c1-6-8-17-13-7-9-16-10-14(13)21(19,20)18-11-15(4,5)12(2)3/h7,9-10,12,18H,6,8,11H2,1-5H3,(H,16,17). The topological polar surface area (TPSA) is 71.1 Å². The molecule has 0 atom stereocenters. The Morgan fingerprint density at radius 1 is 1.33 bits per heavy atom. The second kappa shape index (κ2) is 7.22. The van der Waals surface area contributed by atoms with E-state index in [1.165, 1.54) is 6.20 Å². The molecule has 0 amide bonds. The van der Waals surface area contributed by atoms with E-state index >= 15 is 0 Å². The van der Waals surface area contributed by atoms with Crippen LogP contribution in [0.3, 0.4) is 0 Å². The Hall–Kier alpha value is -1.14. The lowest BCUT2D eigenvalue weighted by Gasteiger charge is -2.29. The Kier molecular flexibility index (Phi) is 6.16. The van der Waals surface area contributed by atoms with E-state index in [-0.39, 0.29) is 10.3 Å². The van der Waals surface area contributed by atoms with Gasteiger partial charge in [-0.15, -0.1) is 0 Å². The first kappa shape index (κ1) is 17.9. The Morgan fingerprint density at radius 2 is 2.00 bits per heavy atom. The number of anilines is 1. The largest absolute Gasteiger partial charge is 0.384 e. The quantitative estimate of drug-likeness (QED) is 0.774. The third kappa shape index (κ3) is 4.97. The lowest BCUT2D eigenvalue weighted by molar-refractivity contribution is 0.252. The molecule has 0 fully saturated rings. The Labute approximate surface area is 128 Å². The molecule has 0 spiro atoms. The molecule has 1 aromatic heterocycles. The number of hydrogen-bond acceptors (Lipinski definition) is 4. The highest BCUT2D eigenvalue weighted by Crippen LogP contribution is 2.26. The molecule has 0 saturated carbocycles. The number of rotatable bonds is 8. The number of nitrogens with zero attached hydrogens (tertiary/aromatic N) is 1. The smallest absolute Gasteiger partial charge is 0.244 e. The van der Waals surface area contributed by atoms with Crippen molar-refractivity contribution in [1.82, 2.24) is 9.71 Å². The van der Waals surface area contributed by atoms with Crippen LogP contribution >= 0.6 is 0 Å². The minimum atomic E-state index is -3.56. The Morgan fingerprint density at radius 3 is 2.57 bits per heavy atom. The zero-order valence-corrected chi connectivity index (χ0v) is 14.4. The summed E-state index contributed by atoms with van der Waals surface area (Å²) in [5.74, 6) is 0.381. The number of nitrogens with one attached hydrogen (secondary N) is 2. The van der Waals surface area contributed by atoms with Gasteiger partial charge in [0.05, 0.1) is 5.69 Å². The van der Waals surface area contributed by atoms with Crippen LogP contribution in [0, 0.1) is 11.3 Å². The highest BCUT2D eigenvalue weighted by Gasteiger charge is 2.26. The van der Waals surface area contributed by atoms with Crippen LogP contribution in [0.5, 0.6) is 0 Å². The summed E-state index contributed by atoms with van der Waals surface area (Å²) in [5.41, 5.74) is 0.494. The maximum absolute atomic E-state index is 12.5. The van der Waals surface area contributed by atoms with Gasteiger partial charge in [-0.1, -0.05) is 34.6 Å². The van der Waals surface area contributed by atoms with E-state index in [0.29, 0.717) is 18.2 Å². The van der Waals surface area contributed by atoms with Crippen LogP contribution in [0.15, 0.2) is 23.4 Å². The maximum Gasteiger partial charge on any atom is 0.244 e. The third-order valence-corrected chi connectivity index (χ3v) is 5.35. The summed E-state index contributed by atoms with van der Waals surface area (Å²) in [6, 6.07) is 1.69. The van der Waals surface area contributed by atoms with Crippen LogP contribution in [0.4, 0.5) is 5.69 Å². The van der Waals surface area contributed by atoms with Gasteiger partial charge in [-0.25, -0.2) is 13.1 Å². The molecule has 0 saturated heterocycles. The van der Waals surface area contributed by atoms with Crippen molar-refractivity contribution >= 4 is 15.7 Å². The molecule has 1 aromatic rings. The van der Waals surface area contributed by atoms with E-state index in [9.17, 15) is 8.42 Å². The van der Waals surface area contributed by atoms with Crippen molar-refractivity contribution in [2.75, 3.05) is 18.4 Å². The van der Waals surface area contributed by atoms with E-state index in [1.807, 2.05) is 6.92 Å². The van der Waals surface area contributed by atoms with Crippen LogP contribution in [-0.4, -0.2) is 26.5 Å². The minimum absolute atomic E-state index is 0.105. The number of aromatic nitrogens is 1. The molecule has 0 aliphatic heterocycles. The molecule has 0 aromatic carbocycles. The fraction of sp³-hybridized carbons (Fsp3) is 0.667. The van der Waals surface area contributed by atoms with Crippen LogP contribution in [0.2, 0.25) is 0 Å². The van der Waals surface area contributed by atoms with Gasteiger partial charge in [-0.2, -0.15) is 0 Å². The molecule has 2 N–H and O–H groups in total. The molecule has 0 radical (unpaired) electrons.